The zero-order valence-corrected chi connectivity index (χ0v) is 37.7. The zero-order valence-electron chi connectivity index (χ0n) is 32.0. The Kier molecular flexibility index (Phi) is 42.7. The molecule has 304 valence electrons. The third-order valence-electron chi connectivity index (χ3n) is 4.94. The lowest BCUT2D eigenvalue weighted by Gasteiger charge is -1.98. The highest BCUT2D eigenvalue weighted by atomic mass is 32.2. The molecule has 53 heavy (non-hydrogen) atoms. The van der Waals surface area contributed by atoms with Crippen LogP contribution in [0.25, 0.3) is 0 Å². The van der Waals surface area contributed by atoms with Crippen molar-refractivity contribution in [3.05, 3.63) is 135 Å². The van der Waals surface area contributed by atoms with Gasteiger partial charge < -0.3 is 0 Å². The fourth-order valence-corrected chi connectivity index (χ4v) is 5.65. The van der Waals surface area contributed by atoms with Crippen LogP contribution >= 0.6 is 23.5 Å². The smallest absolute Gasteiger partial charge is 0.191 e. The molecule has 2 aromatic carbocycles. The van der Waals surface area contributed by atoms with Gasteiger partial charge in [0.05, 0.1) is 33.0 Å². The molecule has 2 aromatic rings. The van der Waals surface area contributed by atoms with Crippen LogP contribution in [0.15, 0.2) is 144 Å². The SMILES string of the molecule is C=CCS(=O)(=O)c1ccccc1.C=CCS(C)(=O)=O.C=CCSC.C=CS(=O)(=O)C=C.C=CS(=O)(=O)CC.CCS(=O)c1ccccc1.CCSCC. The summed E-state index contributed by atoms with van der Waals surface area (Å²) in [6, 6.07) is 17.9. The number of thioether (sulfide) groups is 2. The molecule has 0 saturated carbocycles. The van der Waals surface area contributed by atoms with E-state index >= 15 is 0 Å². The third kappa shape index (κ3) is 45.6. The lowest BCUT2D eigenvalue weighted by molar-refractivity contribution is 0.598. The van der Waals surface area contributed by atoms with Gasteiger partial charge in [-0.05, 0) is 42.0 Å². The molecule has 2 rings (SSSR count). The van der Waals surface area contributed by atoms with Gasteiger partial charge in [0.25, 0.3) is 0 Å². The maximum Gasteiger partial charge on any atom is 0.191 e. The summed E-state index contributed by atoms with van der Waals surface area (Å²) in [5, 5.41) is 2.66. The summed E-state index contributed by atoms with van der Waals surface area (Å²) in [6.07, 6.45) is 7.89. The molecular formula is C37H60O9S7. The van der Waals surface area contributed by atoms with Crippen LogP contribution in [0.1, 0.15) is 27.7 Å². The first-order valence-electron chi connectivity index (χ1n) is 15.8. The molecular weight excluding hydrogens is 813 g/mol. The molecule has 0 amide bonds. The molecule has 9 nitrogen and oxygen atoms in total. The first-order valence-corrected chi connectivity index (χ1v) is 26.7. The van der Waals surface area contributed by atoms with E-state index in [1.807, 2.05) is 55.1 Å². The van der Waals surface area contributed by atoms with Crippen LogP contribution in [0.5, 0.6) is 0 Å². The van der Waals surface area contributed by atoms with Crippen LogP contribution < -0.4 is 0 Å². The summed E-state index contributed by atoms with van der Waals surface area (Å²) in [6.45, 7) is 27.2. The molecule has 0 N–H and O–H groups in total. The maximum absolute atomic E-state index is 11.4. The van der Waals surface area contributed by atoms with Gasteiger partial charge in [0.15, 0.2) is 39.3 Å². The van der Waals surface area contributed by atoms with Gasteiger partial charge in [0.2, 0.25) is 0 Å². The van der Waals surface area contributed by atoms with E-state index in [1.54, 1.807) is 49.0 Å². The van der Waals surface area contributed by atoms with Crippen molar-refractivity contribution in [2.24, 2.45) is 0 Å². The lowest BCUT2D eigenvalue weighted by atomic mass is 10.4. The second kappa shape index (κ2) is 37.8. The zero-order chi connectivity index (χ0) is 42.4. The molecule has 0 aliphatic heterocycles. The predicted octanol–water partition coefficient (Wildman–Crippen LogP) is 8.23. The molecule has 0 fully saturated rings. The van der Waals surface area contributed by atoms with E-state index in [1.165, 1.54) is 29.9 Å². The normalized spacial score (nSPS) is 10.7. The van der Waals surface area contributed by atoms with Crippen molar-refractivity contribution in [3.8, 4) is 0 Å². The highest BCUT2D eigenvalue weighted by molar-refractivity contribution is 7.99. The van der Waals surface area contributed by atoms with Gasteiger partial charge in [-0.2, -0.15) is 23.5 Å². The van der Waals surface area contributed by atoms with Gasteiger partial charge in [0, 0.05) is 38.9 Å². The first kappa shape index (κ1) is 59.8. The topological polar surface area (TPSA) is 154 Å². The van der Waals surface area contributed by atoms with Gasteiger partial charge >= 0.3 is 0 Å². The third-order valence-corrected chi connectivity index (χ3v) is 12.4. The minimum absolute atomic E-state index is 0.00296. The molecule has 0 aliphatic carbocycles. The summed E-state index contributed by atoms with van der Waals surface area (Å²) < 4.78 is 94.9. The fraction of sp³-hybridized carbons (Fsp3) is 0.351. The van der Waals surface area contributed by atoms with Crippen molar-refractivity contribution < 1.29 is 37.9 Å². The van der Waals surface area contributed by atoms with Crippen LogP contribution in [0.2, 0.25) is 0 Å². The molecule has 0 bridgehead atoms. The standard InChI is InChI=1S/C9H10O2S.C8H10OS.2C4H8O2S.C4H6O2S.C4H8S.C4H10S/c1-2-8-12(10,11)9-6-4-3-5-7-9;1-2-10(9)8-6-4-3-5-7-8;1-3-4-7(2,5)6;2*1-3-7(5,6)4-2;1-3-4-5-2;1-3-5-4-2/h2-7H,1,8H2;3-7H,2H2,1H3;2*3H,1,4H2,2H3;3-4H,1-2H2;3H,1,4H2,2H3;3-4H2,1-2H3. The minimum atomic E-state index is -3.13. The van der Waals surface area contributed by atoms with E-state index in [4.69, 9.17) is 0 Å². The Balaban J connectivity index is -0.000000173. The molecule has 0 heterocycles. The van der Waals surface area contributed by atoms with Crippen molar-refractivity contribution >= 4 is 73.7 Å². The Morgan fingerprint density at radius 3 is 1.26 bits per heavy atom. The molecule has 0 saturated heterocycles. The van der Waals surface area contributed by atoms with Crippen LogP contribution in [-0.2, 0) is 50.1 Å². The van der Waals surface area contributed by atoms with Crippen LogP contribution in [0.3, 0.4) is 0 Å². The van der Waals surface area contributed by atoms with Crippen molar-refractivity contribution in [1.82, 2.24) is 0 Å². The Hall–Kier alpha value is -2.47. The van der Waals surface area contributed by atoms with Gasteiger partial charge in [0.1, 0.15) is 0 Å². The fourth-order valence-electron chi connectivity index (χ4n) is 2.34. The summed E-state index contributed by atoms with van der Waals surface area (Å²) in [4.78, 5) is 1.27. The van der Waals surface area contributed by atoms with Gasteiger partial charge in [-0.25, -0.2) is 33.7 Å². The summed E-state index contributed by atoms with van der Waals surface area (Å²) >= 11 is 3.75. The number of hydrogen-bond acceptors (Lipinski definition) is 11. The van der Waals surface area contributed by atoms with Gasteiger partial charge in [-0.1, -0.05) is 102 Å². The Morgan fingerprint density at radius 1 is 0.642 bits per heavy atom. The Morgan fingerprint density at radius 2 is 1.08 bits per heavy atom. The molecule has 1 unspecified atom stereocenters. The number of benzene rings is 2. The number of hydrogen-bond donors (Lipinski definition) is 0. The average Bonchev–Trinajstić information content (AvgIpc) is 3.14. The largest absolute Gasteiger partial charge is 0.254 e. The second-order valence-corrected chi connectivity index (χ2v) is 21.8. The quantitative estimate of drug-likeness (QED) is 0.159. The van der Waals surface area contributed by atoms with Gasteiger partial charge in [-0.3, -0.25) is 4.21 Å². The predicted molar refractivity (Wildman–Crippen MR) is 238 cm³/mol. The summed E-state index contributed by atoms with van der Waals surface area (Å²) in [5.41, 5.74) is 0. The van der Waals surface area contributed by atoms with Crippen molar-refractivity contribution in [2.45, 2.75) is 37.5 Å². The molecule has 0 radical (unpaired) electrons. The van der Waals surface area contributed by atoms with Crippen LogP contribution in [0.4, 0.5) is 0 Å². The van der Waals surface area contributed by atoms with Crippen molar-refractivity contribution in [3.63, 3.8) is 0 Å². The maximum atomic E-state index is 11.4. The number of rotatable bonds is 15. The highest BCUT2D eigenvalue weighted by Gasteiger charge is 2.10. The summed E-state index contributed by atoms with van der Waals surface area (Å²) in [7, 11) is -12.7. The van der Waals surface area contributed by atoms with E-state index in [9.17, 15) is 37.9 Å². The van der Waals surface area contributed by atoms with Crippen LogP contribution in [0, 0.1) is 0 Å². The Labute approximate surface area is 334 Å². The van der Waals surface area contributed by atoms with Crippen molar-refractivity contribution in [1.29, 1.82) is 0 Å². The molecule has 0 spiro atoms. The molecule has 16 heteroatoms. The average molecular weight is 873 g/mol. The molecule has 1 atom stereocenters. The second-order valence-electron chi connectivity index (χ2n) is 9.28. The lowest BCUT2D eigenvalue weighted by Crippen LogP contribution is -2.03. The van der Waals surface area contributed by atoms with E-state index < -0.39 is 50.1 Å². The van der Waals surface area contributed by atoms with E-state index in [0.717, 1.165) is 26.9 Å². The van der Waals surface area contributed by atoms with E-state index in [-0.39, 0.29) is 17.3 Å². The minimum Gasteiger partial charge on any atom is -0.254 e. The van der Waals surface area contributed by atoms with Gasteiger partial charge in [-0.15, -0.1) is 19.7 Å². The van der Waals surface area contributed by atoms with Crippen molar-refractivity contribution in [2.75, 3.05) is 52.8 Å². The Bertz CT molecular complexity index is 1700. The molecule has 0 aromatic heterocycles. The molecule has 0 aliphatic rings. The number of sulfone groups is 4. The monoisotopic (exact) mass is 872 g/mol. The first-order chi connectivity index (χ1) is 24.6. The van der Waals surface area contributed by atoms with Crippen LogP contribution in [-0.4, -0.2) is 90.7 Å². The summed E-state index contributed by atoms with van der Waals surface area (Å²) in [5.74, 6) is 4.51. The van der Waals surface area contributed by atoms with E-state index in [0.29, 0.717) is 10.6 Å². The highest BCUT2D eigenvalue weighted by Crippen LogP contribution is 2.09. The van der Waals surface area contributed by atoms with E-state index in [2.05, 4.69) is 59.6 Å².